The Labute approximate surface area is 135 Å². The van der Waals surface area contributed by atoms with Crippen molar-refractivity contribution >= 4 is 41.4 Å². The van der Waals surface area contributed by atoms with Crippen LogP contribution in [0.25, 0.3) is 0 Å². The highest BCUT2D eigenvalue weighted by Gasteiger charge is 2.38. The molecule has 0 aliphatic carbocycles. The lowest BCUT2D eigenvalue weighted by Crippen LogP contribution is -2.50. The van der Waals surface area contributed by atoms with Gasteiger partial charge in [0.2, 0.25) is 0 Å². The van der Waals surface area contributed by atoms with Crippen molar-refractivity contribution in [1.29, 1.82) is 0 Å². The van der Waals surface area contributed by atoms with Crippen LogP contribution in [0.4, 0.5) is 0 Å². The first-order chi connectivity index (χ1) is 9.16. The van der Waals surface area contributed by atoms with Crippen LogP contribution in [0, 0.1) is 0 Å². The summed E-state index contributed by atoms with van der Waals surface area (Å²) in [5, 5.41) is 1.09. The van der Waals surface area contributed by atoms with Gasteiger partial charge in [0, 0.05) is 19.0 Å². The zero-order valence-electron chi connectivity index (χ0n) is 11.1. The fraction of sp³-hybridized carbons (Fsp3) is 0.533. The van der Waals surface area contributed by atoms with Gasteiger partial charge in [0.1, 0.15) is 5.78 Å². The van der Waals surface area contributed by atoms with Gasteiger partial charge in [-0.3, -0.25) is 9.69 Å². The maximum atomic E-state index is 12.3. The molecule has 1 aromatic rings. The molecule has 2 nitrogen and oxygen atoms in total. The number of hydrogen-bond acceptors (Lipinski definition) is 2. The zero-order valence-corrected chi connectivity index (χ0v) is 13.5. The standard InChI is InChI=1S/C15H17Cl2NO.ClH/c16-11-5-4-10(9-12(11)17)15-13-3-1-2-7-18(13)8-6-14(15)19;/h4-5,9,13,15H,1-3,6-8H2;1H/t13-,15-;/m1./s1. The fourth-order valence-corrected chi connectivity index (χ4v) is 3.72. The monoisotopic (exact) mass is 333 g/mol. The smallest absolute Gasteiger partial charge is 0.143 e. The van der Waals surface area contributed by atoms with Crippen LogP contribution in [0.5, 0.6) is 0 Å². The lowest BCUT2D eigenvalue weighted by molar-refractivity contribution is -0.126. The minimum Gasteiger partial charge on any atom is -0.299 e. The van der Waals surface area contributed by atoms with E-state index < -0.39 is 0 Å². The Morgan fingerprint density at radius 3 is 2.65 bits per heavy atom. The topological polar surface area (TPSA) is 20.3 Å². The van der Waals surface area contributed by atoms with Crippen LogP contribution in [0.1, 0.15) is 37.2 Å². The van der Waals surface area contributed by atoms with Crippen molar-refractivity contribution < 1.29 is 4.79 Å². The Hall–Kier alpha value is -0.280. The van der Waals surface area contributed by atoms with Crippen LogP contribution in [0.2, 0.25) is 10.0 Å². The summed E-state index contributed by atoms with van der Waals surface area (Å²) in [6, 6.07) is 5.97. The van der Waals surface area contributed by atoms with Gasteiger partial charge >= 0.3 is 0 Å². The number of halogens is 3. The molecule has 2 saturated heterocycles. The molecule has 0 bridgehead atoms. The van der Waals surface area contributed by atoms with Crippen molar-refractivity contribution in [3.05, 3.63) is 33.8 Å². The Morgan fingerprint density at radius 1 is 1.10 bits per heavy atom. The molecule has 0 N–H and O–H groups in total. The molecule has 0 saturated carbocycles. The van der Waals surface area contributed by atoms with Gasteiger partial charge in [-0.25, -0.2) is 0 Å². The van der Waals surface area contributed by atoms with E-state index in [1.807, 2.05) is 12.1 Å². The Morgan fingerprint density at radius 2 is 1.90 bits per heavy atom. The number of nitrogens with zero attached hydrogens (tertiary/aromatic N) is 1. The molecule has 1 aromatic carbocycles. The summed E-state index contributed by atoms with van der Waals surface area (Å²) in [7, 11) is 0. The normalized spacial score (nSPS) is 26.8. The second-order valence-electron chi connectivity index (χ2n) is 5.47. The number of carbonyl (C=O) groups is 1. The molecule has 2 heterocycles. The molecule has 3 rings (SSSR count). The molecule has 5 heteroatoms. The van der Waals surface area contributed by atoms with E-state index in [0.717, 1.165) is 25.1 Å². The summed E-state index contributed by atoms with van der Waals surface area (Å²) >= 11 is 12.1. The van der Waals surface area contributed by atoms with Crippen LogP contribution in [-0.4, -0.2) is 29.8 Å². The van der Waals surface area contributed by atoms with Crippen LogP contribution in [0.3, 0.4) is 0 Å². The average Bonchev–Trinajstić information content (AvgIpc) is 2.42. The molecule has 2 aliphatic heterocycles. The third-order valence-corrected chi connectivity index (χ3v) is 5.08. The van der Waals surface area contributed by atoms with Gasteiger partial charge in [-0.2, -0.15) is 0 Å². The number of benzene rings is 1. The molecular formula is C15H18Cl3NO. The highest BCUT2D eigenvalue weighted by Crippen LogP contribution is 2.37. The second kappa shape index (κ2) is 6.65. The quantitative estimate of drug-likeness (QED) is 0.762. The molecule has 0 radical (unpaired) electrons. The highest BCUT2D eigenvalue weighted by atomic mass is 35.5. The Kier molecular flexibility index (Phi) is 5.36. The largest absolute Gasteiger partial charge is 0.299 e. The summed E-state index contributed by atoms with van der Waals surface area (Å²) < 4.78 is 0. The van der Waals surface area contributed by atoms with E-state index in [0.29, 0.717) is 28.3 Å². The third kappa shape index (κ3) is 2.99. The first kappa shape index (κ1) is 16.1. The van der Waals surface area contributed by atoms with Gasteiger partial charge < -0.3 is 0 Å². The number of ketones is 1. The van der Waals surface area contributed by atoms with Gasteiger partial charge in [-0.1, -0.05) is 35.7 Å². The van der Waals surface area contributed by atoms with Gasteiger partial charge in [-0.15, -0.1) is 12.4 Å². The second-order valence-corrected chi connectivity index (χ2v) is 6.28. The van der Waals surface area contributed by atoms with Crippen LogP contribution < -0.4 is 0 Å². The van der Waals surface area contributed by atoms with Crippen molar-refractivity contribution in [3.63, 3.8) is 0 Å². The van der Waals surface area contributed by atoms with Crippen molar-refractivity contribution in [2.24, 2.45) is 0 Å². The van der Waals surface area contributed by atoms with Crippen molar-refractivity contribution in [2.45, 2.75) is 37.6 Å². The van der Waals surface area contributed by atoms with Crippen LogP contribution in [-0.2, 0) is 4.79 Å². The van der Waals surface area contributed by atoms with Crippen LogP contribution >= 0.6 is 35.6 Å². The molecule has 2 atom stereocenters. The minimum absolute atomic E-state index is 0. The highest BCUT2D eigenvalue weighted by molar-refractivity contribution is 6.42. The maximum absolute atomic E-state index is 12.3. The van der Waals surface area contributed by atoms with E-state index in [1.54, 1.807) is 6.07 Å². The number of fused-ring (bicyclic) bond motifs is 1. The SMILES string of the molecule is Cl.O=C1CCN2CCCC[C@@H]2[C@H]1c1ccc(Cl)c(Cl)c1. The lowest BCUT2D eigenvalue weighted by atomic mass is 9.78. The predicted molar refractivity (Wildman–Crippen MR) is 85.3 cm³/mol. The summed E-state index contributed by atoms with van der Waals surface area (Å²) in [4.78, 5) is 14.8. The molecular weight excluding hydrogens is 317 g/mol. The van der Waals surface area contributed by atoms with Gasteiger partial charge in [0.05, 0.1) is 16.0 Å². The number of hydrogen-bond donors (Lipinski definition) is 0. The summed E-state index contributed by atoms with van der Waals surface area (Å²) in [5.41, 5.74) is 1.02. The van der Waals surface area contributed by atoms with Crippen molar-refractivity contribution in [2.75, 3.05) is 13.1 Å². The molecule has 0 aromatic heterocycles. The predicted octanol–water partition coefficient (Wildman–Crippen LogP) is 4.33. The van der Waals surface area contributed by atoms with E-state index >= 15 is 0 Å². The lowest BCUT2D eigenvalue weighted by Gasteiger charge is -2.43. The van der Waals surface area contributed by atoms with E-state index in [9.17, 15) is 4.79 Å². The summed E-state index contributed by atoms with van der Waals surface area (Å²) in [6.45, 7) is 2.04. The van der Waals surface area contributed by atoms with E-state index in [1.165, 1.54) is 12.8 Å². The molecule has 2 aliphatic rings. The van der Waals surface area contributed by atoms with E-state index in [4.69, 9.17) is 23.2 Å². The molecule has 20 heavy (non-hydrogen) atoms. The minimum atomic E-state index is -0.0242. The van der Waals surface area contributed by atoms with Crippen molar-refractivity contribution in [3.8, 4) is 0 Å². The number of carbonyl (C=O) groups excluding carboxylic acids is 1. The molecule has 0 spiro atoms. The fourth-order valence-electron chi connectivity index (χ4n) is 3.41. The number of rotatable bonds is 1. The molecule has 0 unspecified atom stereocenters. The maximum Gasteiger partial charge on any atom is 0.143 e. The van der Waals surface area contributed by atoms with E-state index in [2.05, 4.69) is 4.90 Å². The first-order valence-corrected chi connectivity index (χ1v) is 7.64. The van der Waals surface area contributed by atoms with Crippen molar-refractivity contribution in [1.82, 2.24) is 4.90 Å². The third-order valence-electron chi connectivity index (χ3n) is 4.34. The molecule has 110 valence electrons. The average molecular weight is 335 g/mol. The van der Waals surface area contributed by atoms with Crippen LogP contribution in [0.15, 0.2) is 18.2 Å². The molecule has 0 amide bonds. The Bertz CT molecular complexity index is 506. The zero-order chi connectivity index (χ0) is 13.4. The summed E-state index contributed by atoms with van der Waals surface area (Å²) in [5.74, 6) is 0.324. The number of Topliss-reactive ketones (excluding diaryl/α,β-unsaturated/α-hetero) is 1. The Balaban J connectivity index is 0.00000147. The van der Waals surface area contributed by atoms with Gasteiger partial charge in [0.25, 0.3) is 0 Å². The first-order valence-electron chi connectivity index (χ1n) is 6.88. The molecule has 2 fully saturated rings. The number of piperidine rings is 2. The van der Waals surface area contributed by atoms with E-state index in [-0.39, 0.29) is 18.3 Å². The van der Waals surface area contributed by atoms with Gasteiger partial charge in [0.15, 0.2) is 0 Å². The van der Waals surface area contributed by atoms with Gasteiger partial charge in [-0.05, 0) is 37.1 Å². The summed E-state index contributed by atoms with van der Waals surface area (Å²) in [6.07, 6.45) is 4.23.